The molecule has 4 aromatic heterocycles. The molecule has 2 fully saturated rings. The number of hydrogen-bond donors (Lipinski definition) is 1. The molecule has 5 heterocycles. The van der Waals surface area contributed by atoms with E-state index in [9.17, 15) is 8.42 Å². The summed E-state index contributed by atoms with van der Waals surface area (Å²) in [6, 6.07) is 8.03. The molecule has 4 aromatic rings. The number of ether oxygens (including phenoxy) is 1. The van der Waals surface area contributed by atoms with Gasteiger partial charge in [0.1, 0.15) is 5.65 Å². The summed E-state index contributed by atoms with van der Waals surface area (Å²) in [5.74, 6) is 0. The SMILES string of the molecule is C[C@@H]1COCCN1c1cc(-c2ccnc3[nH]ccc23)nc2c1ccn2S(=O)(=O)C1CC1. The predicted molar refractivity (Wildman–Crippen MR) is 120 cm³/mol. The number of anilines is 1. The highest BCUT2D eigenvalue weighted by atomic mass is 32.2. The fourth-order valence-corrected chi connectivity index (χ4v) is 6.11. The van der Waals surface area contributed by atoms with Crippen LogP contribution in [0, 0.1) is 0 Å². The van der Waals surface area contributed by atoms with Crippen LogP contribution in [0.25, 0.3) is 33.3 Å². The highest BCUT2D eigenvalue weighted by Gasteiger charge is 2.38. The average molecular weight is 438 g/mol. The van der Waals surface area contributed by atoms with Gasteiger partial charge in [-0.1, -0.05) is 0 Å². The zero-order valence-corrected chi connectivity index (χ0v) is 18.0. The third kappa shape index (κ3) is 2.95. The summed E-state index contributed by atoms with van der Waals surface area (Å²) in [6.07, 6.45) is 6.68. The van der Waals surface area contributed by atoms with E-state index in [1.54, 1.807) is 12.4 Å². The fourth-order valence-electron chi connectivity index (χ4n) is 4.45. The van der Waals surface area contributed by atoms with E-state index in [4.69, 9.17) is 9.72 Å². The Kier molecular flexibility index (Phi) is 4.13. The second-order valence-corrected chi connectivity index (χ2v) is 10.4. The summed E-state index contributed by atoms with van der Waals surface area (Å²) in [5.41, 5.74) is 3.91. The lowest BCUT2D eigenvalue weighted by Gasteiger charge is -2.35. The van der Waals surface area contributed by atoms with Crippen LogP contribution in [-0.4, -0.2) is 58.4 Å². The minimum atomic E-state index is -3.45. The van der Waals surface area contributed by atoms with Gasteiger partial charge in [-0.25, -0.2) is 22.4 Å². The maximum atomic E-state index is 13.1. The van der Waals surface area contributed by atoms with Crippen molar-refractivity contribution in [2.75, 3.05) is 24.7 Å². The minimum Gasteiger partial charge on any atom is -0.377 e. The molecule has 31 heavy (non-hydrogen) atoms. The van der Waals surface area contributed by atoms with Crippen LogP contribution in [-0.2, 0) is 14.8 Å². The Hall–Kier alpha value is -2.91. The van der Waals surface area contributed by atoms with E-state index < -0.39 is 10.0 Å². The number of nitrogens with one attached hydrogen (secondary N) is 1. The van der Waals surface area contributed by atoms with Gasteiger partial charge >= 0.3 is 0 Å². The van der Waals surface area contributed by atoms with Gasteiger partial charge in [-0.15, -0.1) is 0 Å². The van der Waals surface area contributed by atoms with Crippen molar-refractivity contribution in [2.24, 2.45) is 0 Å². The molecule has 1 aliphatic heterocycles. The van der Waals surface area contributed by atoms with Gasteiger partial charge in [-0.05, 0) is 44.0 Å². The van der Waals surface area contributed by atoms with Gasteiger partial charge in [0.2, 0.25) is 10.0 Å². The molecular formula is C22H23N5O3S. The first-order valence-corrected chi connectivity index (χ1v) is 12.1. The highest BCUT2D eigenvalue weighted by molar-refractivity contribution is 7.91. The Morgan fingerprint density at radius 2 is 2.06 bits per heavy atom. The Morgan fingerprint density at radius 3 is 2.87 bits per heavy atom. The molecule has 9 heteroatoms. The summed E-state index contributed by atoms with van der Waals surface area (Å²) < 4.78 is 33.2. The summed E-state index contributed by atoms with van der Waals surface area (Å²) in [4.78, 5) is 14.7. The Labute approximate surface area is 179 Å². The van der Waals surface area contributed by atoms with E-state index in [0.717, 1.165) is 39.9 Å². The lowest BCUT2D eigenvalue weighted by atomic mass is 10.1. The molecule has 160 valence electrons. The molecule has 6 rings (SSSR count). The summed E-state index contributed by atoms with van der Waals surface area (Å²) in [6.45, 7) is 4.15. The maximum absolute atomic E-state index is 13.1. The van der Waals surface area contributed by atoms with Gasteiger partial charge in [-0.2, -0.15) is 0 Å². The van der Waals surface area contributed by atoms with Gasteiger partial charge < -0.3 is 14.6 Å². The predicted octanol–water partition coefficient (Wildman–Crippen LogP) is 3.15. The summed E-state index contributed by atoms with van der Waals surface area (Å²) >= 11 is 0. The third-order valence-electron chi connectivity index (χ3n) is 6.23. The standard InChI is InChI=1S/C22H23N5O3S/c1-14-13-30-11-10-26(14)20-12-19(16-4-7-23-21-17(16)5-8-24-21)25-22-18(20)6-9-27(22)31(28,29)15-2-3-15/h4-9,12,14-15H,2-3,10-11,13H2,1H3,(H,23,24)/t14-/m1/s1. The minimum absolute atomic E-state index is 0.181. The molecule has 1 saturated heterocycles. The number of aromatic amines is 1. The third-order valence-corrected chi connectivity index (χ3v) is 8.39. The molecular weight excluding hydrogens is 414 g/mol. The topological polar surface area (TPSA) is 93.1 Å². The van der Waals surface area contributed by atoms with Crippen molar-refractivity contribution >= 4 is 37.8 Å². The van der Waals surface area contributed by atoms with Gasteiger partial charge in [0, 0.05) is 47.5 Å². The van der Waals surface area contributed by atoms with Crippen molar-refractivity contribution in [1.82, 2.24) is 18.9 Å². The zero-order valence-electron chi connectivity index (χ0n) is 17.2. The van der Waals surface area contributed by atoms with Crippen molar-refractivity contribution in [3.8, 4) is 11.3 Å². The number of hydrogen-bond acceptors (Lipinski definition) is 6. The molecule has 1 atom stereocenters. The largest absolute Gasteiger partial charge is 0.377 e. The zero-order chi connectivity index (χ0) is 21.2. The normalized spacial score (nSPS) is 20.0. The number of nitrogens with zero attached hydrogens (tertiary/aromatic N) is 4. The van der Waals surface area contributed by atoms with Gasteiger partial charge in [-0.3, -0.25) is 0 Å². The lowest BCUT2D eigenvalue weighted by molar-refractivity contribution is 0.0991. The van der Waals surface area contributed by atoms with E-state index >= 15 is 0 Å². The Balaban J connectivity index is 1.63. The maximum Gasteiger partial charge on any atom is 0.243 e. The van der Waals surface area contributed by atoms with Gasteiger partial charge in [0.25, 0.3) is 0 Å². The van der Waals surface area contributed by atoms with E-state index in [1.165, 1.54) is 3.97 Å². The second-order valence-electron chi connectivity index (χ2n) is 8.34. The van der Waals surface area contributed by atoms with E-state index in [0.29, 0.717) is 31.7 Å². The van der Waals surface area contributed by atoms with Crippen LogP contribution in [0.3, 0.4) is 0 Å². The van der Waals surface area contributed by atoms with Crippen molar-refractivity contribution in [3.05, 3.63) is 42.9 Å². The molecule has 0 amide bonds. The van der Waals surface area contributed by atoms with E-state index in [-0.39, 0.29) is 11.3 Å². The number of fused-ring (bicyclic) bond motifs is 2. The van der Waals surface area contributed by atoms with Crippen LogP contribution in [0.5, 0.6) is 0 Å². The van der Waals surface area contributed by atoms with Crippen LogP contribution < -0.4 is 4.90 Å². The molecule has 0 radical (unpaired) electrons. The molecule has 1 aliphatic carbocycles. The number of H-pyrrole nitrogens is 1. The fraction of sp³-hybridized carbons (Fsp3) is 0.364. The number of morpholine rings is 1. The highest BCUT2D eigenvalue weighted by Crippen LogP contribution is 2.38. The number of pyridine rings is 2. The monoisotopic (exact) mass is 437 g/mol. The molecule has 1 N–H and O–H groups in total. The molecule has 0 spiro atoms. The molecule has 0 aromatic carbocycles. The van der Waals surface area contributed by atoms with Crippen molar-refractivity contribution in [3.63, 3.8) is 0 Å². The molecule has 0 unspecified atom stereocenters. The molecule has 2 aliphatic rings. The van der Waals surface area contributed by atoms with E-state index in [2.05, 4.69) is 27.9 Å². The number of aromatic nitrogens is 4. The van der Waals surface area contributed by atoms with Crippen LogP contribution >= 0.6 is 0 Å². The smallest absolute Gasteiger partial charge is 0.243 e. The molecule has 0 bridgehead atoms. The van der Waals surface area contributed by atoms with Crippen LogP contribution in [0.2, 0.25) is 0 Å². The van der Waals surface area contributed by atoms with Gasteiger partial charge in [0.05, 0.1) is 29.8 Å². The Morgan fingerprint density at radius 1 is 1.19 bits per heavy atom. The first-order chi connectivity index (χ1) is 15.0. The first-order valence-electron chi connectivity index (χ1n) is 10.6. The summed E-state index contributed by atoms with van der Waals surface area (Å²) in [5, 5.41) is 1.50. The molecule has 1 saturated carbocycles. The number of rotatable bonds is 4. The van der Waals surface area contributed by atoms with Crippen molar-refractivity contribution in [1.29, 1.82) is 0 Å². The Bertz CT molecular complexity index is 1400. The second kappa shape index (κ2) is 6.80. The average Bonchev–Trinajstić information content (AvgIpc) is 3.37. The first kappa shape index (κ1) is 18.8. The van der Waals surface area contributed by atoms with E-state index in [1.807, 2.05) is 24.4 Å². The van der Waals surface area contributed by atoms with Crippen LogP contribution in [0.4, 0.5) is 5.69 Å². The van der Waals surface area contributed by atoms with Crippen molar-refractivity contribution in [2.45, 2.75) is 31.1 Å². The quantitative estimate of drug-likeness (QED) is 0.527. The van der Waals surface area contributed by atoms with Crippen molar-refractivity contribution < 1.29 is 13.2 Å². The van der Waals surface area contributed by atoms with Crippen LogP contribution in [0.1, 0.15) is 19.8 Å². The molecule has 8 nitrogen and oxygen atoms in total. The lowest BCUT2D eigenvalue weighted by Crippen LogP contribution is -2.43. The van der Waals surface area contributed by atoms with Gasteiger partial charge in [0.15, 0.2) is 5.65 Å². The summed E-state index contributed by atoms with van der Waals surface area (Å²) in [7, 11) is -3.45. The van der Waals surface area contributed by atoms with Crippen LogP contribution in [0.15, 0.2) is 42.9 Å².